The summed E-state index contributed by atoms with van der Waals surface area (Å²) in [7, 11) is 0. The van der Waals surface area contributed by atoms with Crippen LogP contribution in [0.1, 0.15) is 24.8 Å². The van der Waals surface area contributed by atoms with Gasteiger partial charge in [0.1, 0.15) is 12.4 Å². The molecule has 1 saturated heterocycles. The van der Waals surface area contributed by atoms with Crippen LogP contribution in [-0.2, 0) is 6.61 Å². The molecule has 0 radical (unpaired) electrons. The van der Waals surface area contributed by atoms with Gasteiger partial charge < -0.3 is 15.0 Å². The second-order valence-corrected chi connectivity index (χ2v) is 8.04. The maximum atomic E-state index is 6.05. The highest BCUT2D eigenvalue weighted by Gasteiger charge is 2.30. The number of pyridine rings is 1. The summed E-state index contributed by atoms with van der Waals surface area (Å²) in [6, 6.07) is 12.1. The van der Waals surface area contributed by atoms with Crippen molar-refractivity contribution in [3.8, 4) is 28.1 Å². The summed E-state index contributed by atoms with van der Waals surface area (Å²) in [6.45, 7) is 2.64. The molecule has 4 heterocycles. The fourth-order valence-corrected chi connectivity index (χ4v) is 4.32. The fraction of sp³-hybridized carbons (Fsp3) is 0.364. The van der Waals surface area contributed by atoms with Crippen LogP contribution in [0.15, 0.2) is 42.7 Å². The molecule has 1 atom stereocenters. The number of H-pyrrole nitrogens is 1. The highest BCUT2D eigenvalue weighted by atomic mass is 16.5. The van der Waals surface area contributed by atoms with E-state index in [2.05, 4.69) is 50.7 Å². The third kappa shape index (κ3) is 2.85. The van der Waals surface area contributed by atoms with Gasteiger partial charge in [0, 0.05) is 42.5 Å². The van der Waals surface area contributed by atoms with Crippen LogP contribution in [0.5, 0.6) is 5.88 Å². The minimum Gasteiger partial charge on any atom is -0.472 e. The summed E-state index contributed by atoms with van der Waals surface area (Å²) >= 11 is 0. The molecule has 2 aromatic heterocycles. The first-order chi connectivity index (χ1) is 13.8. The molecule has 0 amide bonds. The van der Waals surface area contributed by atoms with Crippen molar-refractivity contribution in [3.05, 3.63) is 48.3 Å². The second-order valence-electron chi connectivity index (χ2n) is 8.04. The molecule has 6 nitrogen and oxygen atoms in total. The summed E-state index contributed by atoms with van der Waals surface area (Å²) in [5.41, 5.74) is 5.72. The lowest BCUT2D eigenvalue weighted by Crippen LogP contribution is -2.34. The molecule has 2 aliphatic heterocycles. The smallest absolute Gasteiger partial charge is 0.223 e. The van der Waals surface area contributed by atoms with E-state index in [1.165, 1.54) is 30.4 Å². The van der Waals surface area contributed by atoms with Crippen molar-refractivity contribution >= 4 is 5.82 Å². The van der Waals surface area contributed by atoms with Crippen LogP contribution in [0.3, 0.4) is 0 Å². The Morgan fingerprint density at radius 3 is 2.82 bits per heavy atom. The zero-order valence-corrected chi connectivity index (χ0v) is 15.7. The Balaban J connectivity index is 1.26. The molecule has 0 bridgehead atoms. The number of nitrogens with one attached hydrogen (secondary N) is 2. The standard InChI is InChI=1S/C22H23N5O/c1-4-19-15(9-14(1)16-10-23-24-11-16)13-28-22-20(19)5-6-21(26-22)27-8-7-18(12-27)25-17-2-3-17/h1,4-6,9-11,17-18,25H,2-3,7-8,12-13H2,(H,23,24). The molecule has 0 spiro atoms. The van der Waals surface area contributed by atoms with E-state index in [0.29, 0.717) is 12.6 Å². The van der Waals surface area contributed by atoms with Gasteiger partial charge in [0.2, 0.25) is 5.88 Å². The van der Waals surface area contributed by atoms with E-state index in [4.69, 9.17) is 9.72 Å². The Hall–Kier alpha value is -2.86. The van der Waals surface area contributed by atoms with Crippen LogP contribution in [0.25, 0.3) is 22.3 Å². The van der Waals surface area contributed by atoms with Gasteiger partial charge >= 0.3 is 0 Å². The summed E-state index contributed by atoms with van der Waals surface area (Å²) in [6.07, 6.45) is 7.62. The summed E-state index contributed by atoms with van der Waals surface area (Å²) in [5.74, 6) is 1.77. The molecule has 1 unspecified atom stereocenters. The molecule has 1 aromatic carbocycles. The highest BCUT2D eigenvalue weighted by Crippen LogP contribution is 2.39. The van der Waals surface area contributed by atoms with Crippen LogP contribution in [-0.4, -0.2) is 40.4 Å². The van der Waals surface area contributed by atoms with Gasteiger partial charge in [-0.15, -0.1) is 0 Å². The molecule has 3 aliphatic rings. The molecule has 28 heavy (non-hydrogen) atoms. The summed E-state index contributed by atoms with van der Waals surface area (Å²) in [5, 5.41) is 10.7. The number of rotatable bonds is 4. The average Bonchev–Trinajstić information content (AvgIpc) is 3.19. The number of ether oxygens (including phenoxy) is 1. The molecule has 1 saturated carbocycles. The summed E-state index contributed by atoms with van der Waals surface area (Å²) in [4.78, 5) is 7.23. The number of anilines is 1. The number of nitrogens with zero attached hydrogens (tertiary/aromatic N) is 3. The van der Waals surface area contributed by atoms with Gasteiger partial charge in [0.15, 0.2) is 0 Å². The van der Waals surface area contributed by atoms with Crippen molar-refractivity contribution in [2.24, 2.45) is 0 Å². The van der Waals surface area contributed by atoms with Crippen molar-refractivity contribution in [1.29, 1.82) is 0 Å². The van der Waals surface area contributed by atoms with E-state index in [9.17, 15) is 0 Å². The first kappa shape index (κ1) is 16.1. The number of aromatic nitrogens is 3. The van der Waals surface area contributed by atoms with Gasteiger partial charge in [-0.1, -0.05) is 12.1 Å². The molecule has 2 fully saturated rings. The SMILES string of the molecule is c1cc2c(cc1-c1cn[nH]c1)COc1nc(N3CCC(NC4CC4)C3)ccc1-2. The topological polar surface area (TPSA) is 66.1 Å². The van der Waals surface area contributed by atoms with Crippen molar-refractivity contribution in [3.63, 3.8) is 0 Å². The van der Waals surface area contributed by atoms with Gasteiger partial charge in [0.25, 0.3) is 0 Å². The Morgan fingerprint density at radius 1 is 1.04 bits per heavy atom. The Bertz CT molecular complexity index is 1010. The van der Waals surface area contributed by atoms with Gasteiger partial charge in [-0.25, -0.2) is 0 Å². The minimum atomic E-state index is 0.552. The van der Waals surface area contributed by atoms with Crippen LogP contribution in [0.2, 0.25) is 0 Å². The van der Waals surface area contributed by atoms with E-state index in [1.54, 1.807) is 0 Å². The summed E-state index contributed by atoms with van der Waals surface area (Å²) < 4.78 is 6.05. The highest BCUT2D eigenvalue weighted by molar-refractivity contribution is 5.78. The normalized spacial score (nSPS) is 20.6. The number of aromatic amines is 1. The lowest BCUT2D eigenvalue weighted by Gasteiger charge is -2.24. The Morgan fingerprint density at radius 2 is 1.96 bits per heavy atom. The molecular formula is C22H23N5O. The first-order valence-electron chi connectivity index (χ1n) is 10.1. The Kier molecular flexibility index (Phi) is 3.65. The largest absolute Gasteiger partial charge is 0.472 e. The second kappa shape index (κ2) is 6.34. The van der Waals surface area contributed by atoms with Crippen LogP contribution in [0, 0.1) is 0 Å². The molecule has 1 aliphatic carbocycles. The maximum absolute atomic E-state index is 6.05. The number of hydrogen-bond donors (Lipinski definition) is 2. The van der Waals surface area contributed by atoms with E-state index in [1.807, 2.05) is 12.4 Å². The van der Waals surface area contributed by atoms with E-state index >= 15 is 0 Å². The van der Waals surface area contributed by atoms with E-state index in [-0.39, 0.29) is 0 Å². The van der Waals surface area contributed by atoms with Gasteiger partial charge in [0.05, 0.1) is 6.20 Å². The zero-order chi connectivity index (χ0) is 18.5. The predicted molar refractivity (Wildman–Crippen MR) is 108 cm³/mol. The molecular weight excluding hydrogens is 350 g/mol. The van der Waals surface area contributed by atoms with Crippen molar-refractivity contribution < 1.29 is 4.74 Å². The monoisotopic (exact) mass is 373 g/mol. The molecule has 142 valence electrons. The zero-order valence-electron chi connectivity index (χ0n) is 15.7. The van der Waals surface area contributed by atoms with Crippen molar-refractivity contribution in [2.75, 3.05) is 18.0 Å². The van der Waals surface area contributed by atoms with Crippen molar-refractivity contribution in [1.82, 2.24) is 20.5 Å². The lowest BCUT2D eigenvalue weighted by atomic mass is 9.95. The van der Waals surface area contributed by atoms with Crippen LogP contribution < -0.4 is 15.0 Å². The minimum absolute atomic E-state index is 0.552. The predicted octanol–water partition coefficient (Wildman–Crippen LogP) is 3.36. The average molecular weight is 373 g/mol. The third-order valence-electron chi connectivity index (χ3n) is 6.00. The van der Waals surface area contributed by atoms with Gasteiger partial charge in [-0.05, 0) is 54.2 Å². The van der Waals surface area contributed by atoms with Gasteiger partial charge in [-0.3, -0.25) is 5.10 Å². The molecule has 3 aromatic rings. The van der Waals surface area contributed by atoms with Crippen molar-refractivity contribution in [2.45, 2.75) is 38.0 Å². The maximum Gasteiger partial charge on any atom is 0.223 e. The quantitative estimate of drug-likeness (QED) is 0.734. The van der Waals surface area contributed by atoms with E-state index in [0.717, 1.165) is 47.5 Å². The molecule has 6 rings (SSSR count). The molecule has 2 N–H and O–H groups in total. The molecule has 6 heteroatoms. The first-order valence-corrected chi connectivity index (χ1v) is 10.1. The van der Waals surface area contributed by atoms with E-state index < -0.39 is 0 Å². The Labute approximate surface area is 163 Å². The van der Waals surface area contributed by atoms with Gasteiger partial charge in [-0.2, -0.15) is 10.1 Å². The van der Waals surface area contributed by atoms with Crippen LogP contribution >= 0.6 is 0 Å². The number of benzene rings is 1. The lowest BCUT2D eigenvalue weighted by molar-refractivity contribution is 0.290. The number of fused-ring (bicyclic) bond motifs is 3. The van der Waals surface area contributed by atoms with Crippen LogP contribution in [0.4, 0.5) is 5.82 Å². The number of hydrogen-bond acceptors (Lipinski definition) is 5. The third-order valence-corrected chi connectivity index (χ3v) is 6.00. The fourth-order valence-electron chi connectivity index (χ4n) is 4.32.